The number of halogens is 1. The normalized spacial score (nSPS) is 12.6. The van der Waals surface area contributed by atoms with E-state index >= 15 is 0 Å². The Labute approximate surface area is 160 Å². The largest absolute Gasteiger partial charge is 0.256 e. The zero-order chi connectivity index (χ0) is 18.9. The van der Waals surface area contributed by atoms with Gasteiger partial charge in [-0.2, -0.15) is 0 Å². The standard InChI is InChI=1S/C17H15BrN2O4S2/c1-20(26(23,24)16-10-7-15(18)8-11-16)19-25(21,22)17-9-6-13-4-2-3-5-14(13)12-17/h2-12,19H,1H3. The number of nitrogens with zero attached hydrogens (tertiary/aromatic N) is 1. The Morgan fingerprint density at radius 2 is 1.38 bits per heavy atom. The lowest BCUT2D eigenvalue weighted by atomic mass is 10.1. The van der Waals surface area contributed by atoms with Crippen molar-refractivity contribution in [3.8, 4) is 0 Å². The summed E-state index contributed by atoms with van der Waals surface area (Å²) in [4.78, 5) is 2.05. The fourth-order valence-electron chi connectivity index (χ4n) is 2.37. The third kappa shape index (κ3) is 3.81. The van der Waals surface area contributed by atoms with Gasteiger partial charge in [0.05, 0.1) is 9.79 Å². The summed E-state index contributed by atoms with van der Waals surface area (Å²) in [7, 11) is -6.93. The topological polar surface area (TPSA) is 83.6 Å². The smallest absolute Gasteiger partial charge is 0.206 e. The molecule has 0 aliphatic rings. The number of sulfonamides is 2. The number of hydrogen-bond donors (Lipinski definition) is 1. The average Bonchev–Trinajstić information content (AvgIpc) is 2.61. The Kier molecular flexibility index (Phi) is 5.18. The van der Waals surface area contributed by atoms with Gasteiger partial charge in [0.25, 0.3) is 20.0 Å². The van der Waals surface area contributed by atoms with Crippen LogP contribution in [0, 0.1) is 0 Å². The van der Waals surface area contributed by atoms with Crippen LogP contribution in [0.1, 0.15) is 0 Å². The third-order valence-corrected chi connectivity index (χ3v) is 7.47. The quantitative estimate of drug-likeness (QED) is 0.600. The van der Waals surface area contributed by atoms with Gasteiger partial charge < -0.3 is 0 Å². The van der Waals surface area contributed by atoms with Crippen molar-refractivity contribution in [3.05, 3.63) is 71.2 Å². The van der Waals surface area contributed by atoms with E-state index in [4.69, 9.17) is 0 Å². The minimum Gasteiger partial charge on any atom is -0.206 e. The highest BCUT2D eigenvalue weighted by Gasteiger charge is 2.26. The van der Waals surface area contributed by atoms with E-state index < -0.39 is 20.0 Å². The van der Waals surface area contributed by atoms with Crippen LogP contribution in [-0.4, -0.2) is 28.3 Å². The third-order valence-electron chi connectivity index (χ3n) is 3.75. The summed E-state index contributed by atoms with van der Waals surface area (Å²) in [6.07, 6.45) is 0. The summed E-state index contributed by atoms with van der Waals surface area (Å²) < 4.78 is 51.6. The van der Waals surface area contributed by atoms with Crippen LogP contribution in [0.3, 0.4) is 0 Å². The lowest BCUT2D eigenvalue weighted by Crippen LogP contribution is -2.43. The Hall–Kier alpha value is -1.78. The van der Waals surface area contributed by atoms with Crippen molar-refractivity contribution < 1.29 is 16.8 Å². The average molecular weight is 455 g/mol. The Balaban J connectivity index is 1.91. The second-order valence-corrected chi connectivity index (χ2v) is 10.1. The van der Waals surface area contributed by atoms with Gasteiger partial charge in [-0.1, -0.05) is 46.3 Å². The fraction of sp³-hybridized carbons (Fsp3) is 0.0588. The van der Waals surface area contributed by atoms with Gasteiger partial charge >= 0.3 is 0 Å². The Morgan fingerprint density at radius 3 is 2.04 bits per heavy atom. The fourth-order valence-corrected chi connectivity index (χ4v) is 5.09. The van der Waals surface area contributed by atoms with Gasteiger partial charge in [0, 0.05) is 11.5 Å². The predicted octanol–water partition coefficient (Wildman–Crippen LogP) is 3.12. The molecule has 9 heteroatoms. The van der Waals surface area contributed by atoms with Crippen LogP contribution in [0.25, 0.3) is 10.8 Å². The van der Waals surface area contributed by atoms with Gasteiger partial charge in [-0.05, 0) is 47.2 Å². The van der Waals surface area contributed by atoms with Crippen LogP contribution >= 0.6 is 15.9 Å². The first-order chi connectivity index (χ1) is 12.2. The van der Waals surface area contributed by atoms with Crippen LogP contribution in [0.15, 0.2) is 81.0 Å². The molecule has 26 heavy (non-hydrogen) atoms. The highest BCUT2D eigenvalue weighted by molar-refractivity contribution is 9.10. The summed E-state index contributed by atoms with van der Waals surface area (Å²) >= 11 is 3.23. The molecular formula is C17H15BrN2O4S2. The maximum absolute atomic E-state index is 12.6. The van der Waals surface area contributed by atoms with Crippen molar-refractivity contribution in [2.45, 2.75) is 9.79 Å². The molecule has 0 aliphatic carbocycles. The van der Waals surface area contributed by atoms with Crippen molar-refractivity contribution in [1.82, 2.24) is 9.25 Å². The van der Waals surface area contributed by atoms with E-state index in [1.54, 1.807) is 30.3 Å². The van der Waals surface area contributed by atoms with E-state index in [-0.39, 0.29) is 9.79 Å². The molecule has 0 spiro atoms. The first-order valence-corrected chi connectivity index (χ1v) is 11.2. The molecule has 136 valence electrons. The first kappa shape index (κ1) is 19.0. The molecule has 3 rings (SSSR count). The van der Waals surface area contributed by atoms with E-state index in [2.05, 4.69) is 20.8 Å². The minimum absolute atomic E-state index is 0.0194. The highest BCUT2D eigenvalue weighted by atomic mass is 79.9. The van der Waals surface area contributed by atoms with Crippen LogP contribution < -0.4 is 4.83 Å². The van der Waals surface area contributed by atoms with Gasteiger partial charge in [0.15, 0.2) is 0 Å². The monoisotopic (exact) mass is 454 g/mol. The molecule has 0 heterocycles. The number of rotatable bonds is 5. The van der Waals surface area contributed by atoms with E-state index in [9.17, 15) is 16.8 Å². The summed E-state index contributed by atoms with van der Waals surface area (Å²) in [6, 6.07) is 17.8. The number of nitrogens with one attached hydrogen (secondary N) is 1. The second kappa shape index (κ2) is 7.09. The number of hydrazine groups is 1. The van der Waals surface area contributed by atoms with Gasteiger partial charge in [0.2, 0.25) is 0 Å². The maximum atomic E-state index is 12.6. The minimum atomic E-state index is -4.06. The zero-order valence-electron chi connectivity index (χ0n) is 13.6. The Bertz CT molecular complexity index is 1160. The van der Waals surface area contributed by atoms with E-state index in [0.29, 0.717) is 4.41 Å². The van der Waals surface area contributed by atoms with Crippen molar-refractivity contribution in [2.75, 3.05) is 7.05 Å². The van der Waals surface area contributed by atoms with E-state index in [1.165, 1.54) is 24.3 Å². The van der Waals surface area contributed by atoms with E-state index in [0.717, 1.165) is 22.3 Å². The molecule has 3 aromatic rings. The molecule has 0 saturated heterocycles. The van der Waals surface area contributed by atoms with Gasteiger partial charge in [-0.3, -0.25) is 0 Å². The number of benzene rings is 3. The number of hydrogen-bond acceptors (Lipinski definition) is 4. The molecule has 0 aromatic heterocycles. The van der Waals surface area contributed by atoms with Crippen LogP contribution in [0.4, 0.5) is 0 Å². The first-order valence-electron chi connectivity index (χ1n) is 7.46. The molecule has 0 radical (unpaired) electrons. The molecule has 0 bridgehead atoms. The maximum Gasteiger partial charge on any atom is 0.256 e. The lowest BCUT2D eigenvalue weighted by molar-refractivity contribution is 0.432. The van der Waals surface area contributed by atoms with Crippen LogP contribution in [0.5, 0.6) is 0 Å². The highest BCUT2D eigenvalue weighted by Crippen LogP contribution is 2.21. The molecule has 0 amide bonds. The van der Waals surface area contributed by atoms with Crippen molar-refractivity contribution in [3.63, 3.8) is 0 Å². The SMILES string of the molecule is CN(NS(=O)(=O)c1ccc2ccccc2c1)S(=O)(=O)c1ccc(Br)cc1. The number of fused-ring (bicyclic) bond motifs is 1. The molecular weight excluding hydrogens is 440 g/mol. The van der Waals surface area contributed by atoms with Crippen LogP contribution in [0.2, 0.25) is 0 Å². The second-order valence-electron chi connectivity index (χ2n) is 5.53. The van der Waals surface area contributed by atoms with Crippen molar-refractivity contribution >= 4 is 46.7 Å². The summed E-state index contributed by atoms with van der Waals surface area (Å²) in [6.45, 7) is 0. The Morgan fingerprint density at radius 1 is 0.808 bits per heavy atom. The summed E-state index contributed by atoms with van der Waals surface area (Å²) in [5.74, 6) is 0. The molecule has 0 fully saturated rings. The van der Waals surface area contributed by atoms with Crippen LogP contribution in [-0.2, 0) is 20.0 Å². The van der Waals surface area contributed by atoms with Crippen molar-refractivity contribution in [2.24, 2.45) is 0 Å². The molecule has 1 N–H and O–H groups in total. The summed E-state index contributed by atoms with van der Waals surface area (Å²) in [5.41, 5.74) is 0. The van der Waals surface area contributed by atoms with Gasteiger partial charge in [-0.15, -0.1) is 9.25 Å². The molecule has 0 unspecified atom stereocenters. The lowest BCUT2D eigenvalue weighted by Gasteiger charge is -2.18. The molecule has 3 aromatic carbocycles. The molecule has 0 atom stereocenters. The van der Waals surface area contributed by atoms with Gasteiger partial charge in [0.1, 0.15) is 0 Å². The van der Waals surface area contributed by atoms with Crippen molar-refractivity contribution in [1.29, 1.82) is 0 Å². The predicted molar refractivity (Wildman–Crippen MR) is 103 cm³/mol. The van der Waals surface area contributed by atoms with Gasteiger partial charge in [-0.25, -0.2) is 16.8 Å². The zero-order valence-corrected chi connectivity index (χ0v) is 16.8. The molecule has 0 aliphatic heterocycles. The summed E-state index contributed by atoms with van der Waals surface area (Å²) in [5, 5.41) is 1.64. The van der Waals surface area contributed by atoms with E-state index in [1.807, 2.05) is 12.1 Å². The molecule has 6 nitrogen and oxygen atoms in total. The molecule has 0 saturated carbocycles.